The van der Waals surface area contributed by atoms with E-state index in [2.05, 4.69) is 37.3 Å². The molecule has 0 amide bonds. The molecule has 3 heteroatoms. The van der Waals surface area contributed by atoms with Crippen LogP contribution in [0.1, 0.15) is 25.3 Å². The SMILES string of the molecule is C(OCC1CO1)C1CO1.CCCCc1ccccc1. The second-order valence-corrected chi connectivity index (χ2v) is 5.04. The Kier molecular flexibility index (Phi) is 6.34. The molecule has 0 aliphatic carbocycles. The summed E-state index contributed by atoms with van der Waals surface area (Å²) in [6.07, 6.45) is 4.61. The Hall–Kier alpha value is -0.900. The topological polar surface area (TPSA) is 34.3 Å². The molecule has 106 valence electrons. The van der Waals surface area contributed by atoms with E-state index in [1.54, 1.807) is 0 Å². The molecule has 0 spiro atoms. The molecule has 3 rings (SSSR count). The van der Waals surface area contributed by atoms with Crippen molar-refractivity contribution in [3.8, 4) is 0 Å². The van der Waals surface area contributed by atoms with Crippen LogP contribution in [0, 0.1) is 0 Å². The number of aryl methyl sites for hydroxylation is 1. The maximum Gasteiger partial charge on any atom is 0.104 e. The van der Waals surface area contributed by atoms with Gasteiger partial charge >= 0.3 is 0 Å². The van der Waals surface area contributed by atoms with Crippen LogP contribution in [0.15, 0.2) is 30.3 Å². The van der Waals surface area contributed by atoms with Crippen molar-refractivity contribution in [2.45, 2.75) is 38.4 Å². The zero-order valence-electron chi connectivity index (χ0n) is 11.7. The van der Waals surface area contributed by atoms with Gasteiger partial charge in [0.05, 0.1) is 26.4 Å². The van der Waals surface area contributed by atoms with Crippen molar-refractivity contribution in [3.63, 3.8) is 0 Å². The average molecular weight is 264 g/mol. The molecule has 0 radical (unpaired) electrons. The summed E-state index contributed by atoms with van der Waals surface area (Å²) in [6, 6.07) is 10.6. The lowest BCUT2D eigenvalue weighted by molar-refractivity contribution is 0.102. The fourth-order valence-electron chi connectivity index (χ4n) is 1.69. The van der Waals surface area contributed by atoms with Gasteiger partial charge < -0.3 is 14.2 Å². The lowest BCUT2D eigenvalue weighted by Crippen LogP contribution is -2.06. The van der Waals surface area contributed by atoms with E-state index in [4.69, 9.17) is 14.2 Å². The third-order valence-electron chi connectivity index (χ3n) is 3.07. The summed E-state index contributed by atoms with van der Waals surface area (Å²) in [6.45, 7) is 5.49. The predicted octanol–water partition coefficient (Wildman–Crippen LogP) is 2.83. The fourth-order valence-corrected chi connectivity index (χ4v) is 1.69. The first kappa shape index (κ1) is 14.5. The maximum absolute atomic E-state index is 5.23. The van der Waals surface area contributed by atoms with Gasteiger partial charge in [-0.1, -0.05) is 43.7 Å². The maximum atomic E-state index is 5.23. The van der Waals surface area contributed by atoms with Crippen LogP contribution in [-0.2, 0) is 20.6 Å². The van der Waals surface area contributed by atoms with Crippen molar-refractivity contribution in [1.82, 2.24) is 0 Å². The molecule has 2 atom stereocenters. The summed E-state index contributed by atoms with van der Waals surface area (Å²) in [5.74, 6) is 0. The third-order valence-corrected chi connectivity index (χ3v) is 3.07. The van der Waals surface area contributed by atoms with E-state index in [9.17, 15) is 0 Å². The minimum atomic E-state index is 0.392. The van der Waals surface area contributed by atoms with E-state index in [1.165, 1.54) is 24.8 Å². The van der Waals surface area contributed by atoms with Crippen molar-refractivity contribution in [2.24, 2.45) is 0 Å². The molecule has 2 heterocycles. The predicted molar refractivity (Wildman–Crippen MR) is 75.4 cm³/mol. The van der Waals surface area contributed by atoms with Crippen molar-refractivity contribution in [1.29, 1.82) is 0 Å². The highest BCUT2D eigenvalue weighted by atomic mass is 16.6. The van der Waals surface area contributed by atoms with Crippen LogP contribution in [0.25, 0.3) is 0 Å². The molecule has 0 bridgehead atoms. The second-order valence-electron chi connectivity index (χ2n) is 5.04. The van der Waals surface area contributed by atoms with Crippen LogP contribution in [-0.4, -0.2) is 38.6 Å². The number of hydrogen-bond acceptors (Lipinski definition) is 3. The first-order chi connectivity index (χ1) is 9.38. The van der Waals surface area contributed by atoms with E-state index < -0.39 is 0 Å². The summed E-state index contributed by atoms with van der Waals surface area (Å²) in [5, 5.41) is 0. The third kappa shape index (κ3) is 7.31. The number of rotatable bonds is 7. The van der Waals surface area contributed by atoms with Crippen LogP contribution < -0.4 is 0 Å². The lowest BCUT2D eigenvalue weighted by Gasteiger charge is -1.96. The molecule has 0 saturated carbocycles. The van der Waals surface area contributed by atoms with Gasteiger partial charge in [0.15, 0.2) is 0 Å². The molecule has 19 heavy (non-hydrogen) atoms. The summed E-state index contributed by atoms with van der Waals surface area (Å²) in [5.41, 5.74) is 1.46. The molecule has 2 aliphatic rings. The minimum absolute atomic E-state index is 0.392. The quantitative estimate of drug-likeness (QED) is 0.710. The largest absolute Gasteiger partial charge is 0.376 e. The summed E-state index contributed by atoms with van der Waals surface area (Å²) in [7, 11) is 0. The number of ether oxygens (including phenoxy) is 3. The van der Waals surface area contributed by atoms with E-state index in [0.29, 0.717) is 12.2 Å². The van der Waals surface area contributed by atoms with Crippen molar-refractivity contribution in [2.75, 3.05) is 26.4 Å². The van der Waals surface area contributed by atoms with E-state index in [1.807, 2.05) is 0 Å². The molecule has 1 aromatic carbocycles. The zero-order chi connectivity index (χ0) is 13.3. The fraction of sp³-hybridized carbons (Fsp3) is 0.625. The monoisotopic (exact) mass is 264 g/mol. The highest BCUT2D eigenvalue weighted by Crippen LogP contribution is 2.12. The van der Waals surface area contributed by atoms with Gasteiger partial charge in [0.25, 0.3) is 0 Å². The molecular weight excluding hydrogens is 240 g/mol. The summed E-state index contributed by atoms with van der Waals surface area (Å²) in [4.78, 5) is 0. The highest BCUT2D eigenvalue weighted by molar-refractivity contribution is 5.14. The van der Waals surface area contributed by atoms with Gasteiger partial charge in [-0.3, -0.25) is 0 Å². The first-order valence-corrected chi connectivity index (χ1v) is 7.23. The van der Waals surface area contributed by atoms with Gasteiger partial charge in [0, 0.05) is 0 Å². The Balaban J connectivity index is 0.000000141. The van der Waals surface area contributed by atoms with Crippen molar-refractivity contribution < 1.29 is 14.2 Å². The molecule has 2 unspecified atom stereocenters. The Morgan fingerprint density at radius 3 is 2.11 bits per heavy atom. The highest BCUT2D eigenvalue weighted by Gasteiger charge is 2.26. The molecule has 0 aromatic heterocycles. The van der Waals surface area contributed by atoms with Crippen molar-refractivity contribution in [3.05, 3.63) is 35.9 Å². The summed E-state index contributed by atoms with van der Waals surface area (Å²) < 4.78 is 15.1. The van der Waals surface area contributed by atoms with Crippen molar-refractivity contribution >= 4 is 0 Å². The smallest absolute Gasteiger partial charge is 0.104 e. The van der Waals surface area contributed by atoms with E-state index >= 15 is 0 Å². The van der Waals surface area contributed by atoms with Crippen LogP contribution in [0.2, 0.25) is 0 Å². The second kappa shape index (κ2) is 8.31. The lowest BCUT2D eigenvalue weighted by atomic mass is 10.1. The number of benzene rings is 1. The molecule has 3 nitrogen and oxygen atoms in total. The normalized spacial score (nSPS) is 23.4. The molecule has 0 N–H and O–H groups in total. The van der Waals surface area contributed by atoms with Crippen LogP contribution >= 0.6 is 0 Å². The Labute approximate surface area is 115 Å². The molecule has 2 aliphatic heterocycles. The standard InChI is InChI=1S/C10H14.C6H10O3/c1-2-3-7-10-8-5-4-6-9-10;1(5-3-8-5)7-2-6-4-9-6/h4-6,8-9H,2-3,7H2,1H3;5-6H,1-4H2. The minimum Gasteiger partial charge on any atom is -0.376 e. The molecule has 2 fully saturated rings. The van der Waals surface area contributed by atoms with Gasteiger partial charge in [-0.25, -0.2) is 0 Å². The van der Waals surface area contributed by atoms with E-state index in [0.717, 1.165) is 26.4 Å². The number of hydrogen-bond donors (Lipinski definition) is 0. The van der Waals surface area contributed by atoms with Gasteiger partial charge in [-0.15, -0.1) is 0 Å². The average Bonchev–Trinajstić information content (AvgIpc) is 3.33. The number of unbranched alkanes of at least 4 members (excludes halogenated alkanes) is 1. The van der Waals surface area contributed by atoms with Crippen LogP contribution in [0.3, 0.4) is 0 Å². The molecular formula is C16H24O3. The van der Waals surface area contributed by atoms with Crippen LogP contribution in [0.4, 0.5) is 0 Å². The zero-order valence-corrected chi connectivity index (χ0v) is 11.7. The summed E-state index contributed by atoms with van der Waals surface area (Å²) >= 11 is 0. The Morgan fingerprint density at radius 1 is 1.05 bits per heavy atom. The van der Waals surface area contributed by atoms with Gasteiger partial charge in [-0.05, 0) is 18.4 Å². The van der Waals surface area contributed by atoms with Gasteiger partial charge in [0.2, 0.25) is 0 Å². The first-order valence-electron chi connectivity index (χ1n) is 7.23. The Bertz CT molecular complexity index is 319. The van der Waals surface area contributed by atoms with Crippen LogP contribution in [0.5, 0.6) is 0 Å². The number of epoxide rings is 2. The van der Waals surface area contributed by atoms with Gasteiger partial charge in [-0.2, -0.15) is 0 Å². The molecule has 2 saturated heterocycles. The molecule has 1 aromatic rings. The van der Waals surface area contributed by atoms with Gasteiger partial charge in [0.1, 0.15) is 12.2 Å². The van der Waals surface area contributed by atoms with E-state index in [-0.39, 0.29) is 0 Å². The Morgan fingerprint density at radius 2 is 1.63 bits per heavy atom.